The molecule has 38 heavy (non-hydrogen) atoms. The van der Waals surface area contributed by atoms with E-state index in [0.717, 1.165) is 16.7 Å². The molecule has 1 fully saturated rings. The topological polar surface area (TPSA) is 103 Å². The fourth-order valence-corrected chi connectivity index (χ4v) is 5.06. The maximum absolute atomic E-state index is 12.6. The zero-order valence-corrected chi connectivity index (χ0v) is 21.2. The van der Waals surface area contributed by atoms with Gasteiger partial charge in [-0.05, 0) is 35.7 Å². The fourth-order valence-electron chi connectivity index (χ4n) is 5.06. The van der Waals surface area contributed by atoms with Gasteiger partial charge in [0.05, 0.1) is 19.8 Å². The van der Waals surface area contributed by atoms with E-state index in [2.05, 4.69) is 4.98 Å². The first-order valence-electron chi connectivity index (χ1n) is 12.5. The van der Waals surface area contributed by atoms with Gasteiger partial charge in [-0.1, -0.05) is 72.8 Å². The van der Waals surface area contributed by atoms with E-state index in [4.69, 9.17) is 14.2 Å². The zero-order chi connectivity index (χ0) is 26.7. The molecule has 2 heterocycles. The number of methoxy groups -OCH3 is 1. The highest BCUT2D eigenvalue weighted by atomic mass is 16.6. The Balaban J connectivity index is 1.63. The molecule has 1 aliphatic rings. The van der Waals surface area contributed by atoms with Crippen molar-refractivity contribution in [2.75, 3.05) is 13.7 Å². The third kappa shape index (κ3) is 4.69. The van der Waals surface area contributed by atoms with Gasteiger partial charge in [0.25, 0.3) is 5.56 Å². The molecule has 1 saturated heterocycles. The van der Waals surface area contributed by atoms with E-state index >= 15 is 0 Å². The van der Waals surface area contributed by atoms with Gasteiger partial charge in [0.1, 0.15) is 23.7 Å². The number of ether oxygens (including phenoxy) is 3. The van der Waals surface area contributed by atoms with Gasteiger partial charge in [0, 0.05) is 18.2 Å². The van der Waals surface area contributed by atoms with E-state index < -0.39 is 35.3 Å². The van der Waals surface area contributed by atoms with Gasteiger partial charge in [-0.15, -0.1) is 0 Å². The van der Waals surface area contributed by atoms with Crippen molar-refractivity contribution in [1.82, 2.24) is 9.55 Å². The molecule has 196 valence electrons. The number of benzene rings is 3. The summed E-state index contributed by atoms with van der Waals surface area (Å²) in [4.78, 5) is 26.8. The SMILES string of the molecule is COc1ccc(C(O[C@H]2C[C@H](n3cc(C)c(=O)[nH]c3=O)O[C@@H]2CO)(c2ccccc2)c2ccccc2)cc1. The van der Waals surface area contributed by atoms with E-state index in [1.165, 1.54) is 10.8 Å². The minimum Gasteiger partial charge on any atom is -0.497 e. The number of aromatic amines is 1. The molecule has 0 amide bonds. The Morgan fingerprint density at radius 3 is 2.08 bits per heavy atom. The summed E-state index contributed by atoms with van der Waals surface area (Å²) in [6, 6.07) is 27.5. The van der Waals surface area contributed by atoms with Crippen LogP contribution >= 0.6 is 0 Å². The van der Waals surface area contributed by atoms with Crippen LogP contribution in [-0.4, -0.2) is 40.6 Å². The van der Waals surface area contributed by atoms with Crippen LogP contribution in [0.4, 0.5) is 0 Å². The van der Waals surface area contributed by atoms with Crippen molar-refractivity contribution in [3.8, 4) is 5.75 Å². The molecule has 8 heteroatoms. The molecule has 5 rings (SSSR count). The van der Waals surface area contributed by atoms with Crippen LogP contribution in [0, 0.1) is 6.92 Å². The third-order valence-electron chi connectivity index (χ3n) is 7.00. The summed E-state index contributed by atoms with van der Waals surface area (Å²) in [5, 5.41) is 10.3. The third-order valence-corrected chi connectivity index (χ3v) is 7.00. The molecule has 2 N–H and O–H groups in total. The molecular weight excluding hydrogens is 484 g/mol. The van der Waals surface area contributed by atoms with E-state index in [1.54, 1.807) is 14.0 Å². The summed E-state index contributed by atoms with van der Waals surface area (Å²) in [6.45, 7) is 1.32. The standard InChI is InChI=1S/C30H30N2O6/c1-20-18-32(29(35)31-28(20)34)27-17-25(26(19-33)37-27)38-30(21-9-5-3-6-10-21,22-11-7-4-8-12-22)23-13-15-24(36-2)16-14-23/h3-16,18,25-27,33H,17,19H2,1-2H3,(H,31,34,35)/t25-,26+,27+/m0/s1. The second-order valence-electron chi connectivity index (χ2n) is 9.32. The second-order valence-corrected chi connectivity index (χ2v) is 9.32. The second kappa shape index (κ2) is 10.8. The molecule has 3 atom stereocenters. The largest absolute Gasteiger partial charge is 0.497 e. The number of aromatic nitrogens is 2. The summed E-state index contributed by atoms with van der Waals surface area (Å²) >= 11 is 0. The lowest BCUT2D eigenvalue weighted by Gasteiger charge is -2.39. The highest BCUT2D eigenvalue weighted by Crippen LogP contribution is 2.45. The molecule has 0 unspecified atom stereocenters. The van der Waals surface area contributed by atoms with E-state index in [9.17, 15) is 14.7 Å². The molecule has 1 aliphatic heterocycles. The van der Waals surface area contributed by atoms with Crippen LogP contribution < -0.4 is 16.0 Å². The Kier molecular flexibility index (Phi) is 7.28. The van der Waals surface area contributed by atoms with Gasteiger partial charge in [0.15, 0.2) is 0 Å². The van der Waals surface area contributed by atoms with Crippen LogP contribution in [0.2, 0.25) is 0 Å². The number of rotatable bonds is 8. The molecule has 0 bridgehead atoms. The zero-order valence-electron chi connectivity index (χ0n) is 21.2. The van der Waals surface area contributed by atoms with Crippen molar-refractivity contribution >= 4 is 0 Å². The smallest absolute Gasteiger partial charge is 0.330 e. The number of nitrogens with zero attached hydrogens (tertiary/aromatic N) is 1. The number of aryl methyl sites for hydroxylation is 1. The van der Waals surface area contributed by atoms with Crippen molar-refractivity contribution in [2.24, 2.45) is 0 Å². The minimum atomic E-state index is -1.06. The number of aliphatic hydroxyl groups is 1. The minimum absolute atomic E-state index is 0.286. The molecule has 3 aromatic carbocycles. The van der Waals surface area contributed by atoms with Gasteiger partial charge in [-0.2, -0.15) is 0 Å². The number of hydrogen-bond acceptors (Lipinski definition) is 6. The van der Waals surface area contributed by atoms with Gasteiger partial charge in [-0.25, -0.2) is 4.79 Å². The van der Waals surface area contributed by atoms with Gasteiger partial charge < -0.3 is 19.3 Å². The Hall–Kier alpha value is -3.98. The maximum atomic E-state index is 12.6. The van der Waals surface area contributed by atoms with Crippen molar-refractivity contribution in [1.29, 1.82) is 0 Å². The summed E-state index contributed by atoms with van der Waals surface area (Å²) in [5.74, 6) is 0.717. The Morgan fingerprint density at radius 2 is 1.53 bits per heavy atom. The van der Waals surface area contributed by atoms with Crippen LogP contribution in [0.15, 0.2) is 101 Å². The van der Waals surface area contributed by atoms with Crippen LogP contribution in [0.3, 0.4) is 0 Å². The van der Waals surface area contributed by atoms with Gasteiger partial charge in [-0.3, -0.25) is 14.3 Å². The molecule has 8 nitrogen and oxygen atoms in total. The average molecular weight is 515 g/mol. The molecule has 1 aromatic heterocycles. The highest BCUT2D eigenvalue weighted by molar-refractivity contribution is 5.48. The summed E-state index contributed by atoms with van der Waals surface area (Å²) in [7, 11) is 1.62. The first-order chi connectivity index (χ1) is 18.5. The molecule has 4 aromatic rings. The predicted octanol–water partition coefficient (Wildman–Crippen LogP) is 3.51. The Labute approximate surface area is 220 Å². The van der Waals surface area contributed by atoms with Crippen molar-refractivity contribution in [3.05, 3.63) is 134 Å². The lowest BCUT2D eigenvalue weighted by molar-refractivity contribution is -0.0994. The first-order valence-corrected chi connectivity index (χ1v) is 12.5. The Bertz CT molecular complexity index is 1440. The quantitative estimate of drug-likeness (QED) is 0.349. The number of hydrogen-bond donors (Lipinski definition) is 2. The Morgan fingerprint density at radius 1 is 0.947 bits per heavy atom. The number of nitrogens with one attached hydrogen (secondary N) is 1. The lowest BCUT2D eigenvalue weighted by Crippen LogP contribution is -2.40. The molecule has 0 spiro atoms. The van der Waals surface area contributed by atoms with E-state index in [1.807, 2.05) is 84.9 Å². The van der Waals surface area contributed by atoms with Crippen LogP contribution in [0.25, 0.3) is 0 Å². The molecule has 0 saturated carbocycles. The highest BCUT2D eigenvalue weighted by Gasteiger charge is 2.46. The number of aliphatic hydroxyl groups excluding tert-OH is 1. The normalized spacial score (nSPS) is 19.4. The van der Waals surface area contributed by atoms with Gasteiger partial charge in [0.2, 0.25) is 0 Å². The van der Waals surface area contributed by atoms with Crippen LogP contribution in [-0.2, 0) is 15.1 Å². The van der Waals surface area contributed by atoms with E-state index in [-0.39, 0.29) is 13.0 Å². The summed E-state index contributed by atoms with van der Waals surface area (Å²) in [5.41, 5.74) is 0.976. The summed E-state index contributed by atoms with van der Waals surface area (Å²) < 4.78 is 19.9. The predicted molar refractivity (Wildman–Crippen MR) is 142 cm³/mol. The van der Waals surface area contributed by atoms with Crippen LogP contribution in [0.1, 0.15) is 34.9 Å². The van der Waals surface area contributed by atoms with Crippen molar-refractivity contribution in [2.45, 2.75) is 37.4 Å². The summed E-state index contributed by atoms with van der Waals surface area (Å²) in [6.07, 6.45) is -0.252. The molecule has 0 aliphatic carbocycles. The van der Waals surface area contributed by atoms with Crippen molar-refractivity contribution in [3.63, 3.8) is 0 Å². The van der Waals surface area contributed by atoms with Crippen LogP contribution in [0.5, 0.6) is 5.75 Å². The van der Waals surface area contributed by atoms with Gasteiger partial charge >= 0.3 is 5.69 Å². The first kappa shape index (κ1) is 25.7. The number of H-pyrrole nitrogens is 1. The fraction of sp³-hybridized carbons (Fsp3) is 0.267. The lowest BCUT2D eigenvalue weighted by atomic mass is 9.79. The maximum Gasteiger partial charge on any atom is 0.330 e. The monoisotopic (exact) mass is 514 g/mol. The van der Waals surface area contributed by atoms with Crippen molar-refractivity contribution < 1.29 is 19.3 Å². The molecular formula is C30H30N2O6. The average Bonchev–Trinajstić information content (AvgIpc) is 3.37. The van der Waals surface area contributed by atoms with E-state index in [0.29, 0.717) is 11.3 Å². The molecule has 0 radical (unpaired) electrons.